The number of nitrogens with zero attached hydrogens (tertiary/aromatic N) is 2. The van der Waals surface area contributed by atoms with E-state index in [0.717, 1.165) is 30.8 Å². The molecule has 1 atom stereocenters. The van der Waals surface area contributed by atoms with E-state index in [-0.39, 0.29) is 24.2 Å². The van der Waals surface area contributed by atoms with Gasteiger partial charge in [0, 0.05) is 31.9 Å². The molecule has 1 aromatic carbocycles. The van der Waals surface area contributed by atoms with Crippen molar-refractivity contribution in [3.63, 3.8) is 0 Å². The SMILES string of the molecule is CC(C)Oc1ccc(NC(=O)N2CCC[C@@H](N3CCNC3=O)C2)cc1. The lowest BCUT2D eigenvalue weighted by Crippen LogP contribution is -2.51. The summed E-state index contributed by atoms with van der Waals surface area (Å²) in [6.07, 6.45) is 1.97. The number of hydrogen-bond donors (Lipinski definition) is 2. The topological polar surface area (TPSA) is 73.9 Å². The van der Waals surface area contributed by atoms with Gasteiger partial charge < -0.3 is 25.2 Å². The molecule has 0 aliphatic carbocycles. The number of nitrogens with one attached hydrogen (secondary N) is 2. The first-order chi connectivity index (χ1) is 12.0. The third kappa shape index (κ3) is 4.35. The van der Waals surface area contributed by atoms with Gasteiger partial charge in [0.2, 0.25) is 0 Å². The minimum atomic E-state index is -0.123. The summed E-state index contributed by atoms with van der Waals surface area (Å²) in [5.41, 5.74) is 0.738. The third-order valence-corrected chi connectivity index (χ3v) is 4.49. The Morgan fingerprint density at radius 1 is 1.28 bits per heavy atom. The summed E-state index contributed by atoms with van der Waals surface area (Å²) < 4.78 is 5.61. The molecule has 7 nitrogen and oxygen atoms in total. The van der Waals surface area contributed by atoms with E-state index < -0.39 is 0 Å². The largest absolute Gasteiger partial charge is 0.491 e. The number of carbonyl (C=O) groups is 2. The number of hydrogen-bond acceptors (Lipinski definition) is 3. The van der Waals surface area contributed by atoms with E-state index in [0.29, 0.717) is 19.6 Å². The van der Waals surface area contributed by atoms with Crippen molar-refractivity contribution in [1.82, 2.24) is 15.1 Å². The van der Waals surface area contributed by atoms with Gasteiger partial charge >= 0.3 is 12.1 Å². The Morgan fingerprint density at radius 2 is 2.04 bits per heavy atom. The number of anilines is 1. The third-order valence-electron chi connectivity index (χ3n) is 4.49. The molecule has 2 heterocycles. The fraction of sp³-hybridized carbons (Fsp3) is 0.556. The highest BCUT2D eigenvalue weighted by Crippen LogP contribution is 2.20. The molecular weight excluding hydrogens is 320 g/mol. The van der Waals surface area contributed by atoms with Gasteiger partial charge in [-0.15, -0.1) is 0 Å². The Balaban J connectivity index is 1.56. The van der Waals surface area contributed by atoms with Crippen LogP contribution in [0.15, 0.2) is 24.3 Å². The standard InChI is InChI=1S/C18H26N4O3/c1-13(2)25-16-7-5-14(6-8-16)20-18(24)21-10-3-4-15(12-21)22-11-9-19-17(22)23/h5-8,13,15H,3-4,9-12H2,1-2H3,(H,19,23)(H,20,24)/t15-/m1/s1. The van der Waals surface area contributed by atoms with Crippen molar-refractivity contribution in [2.45, 2.75) is 38.8 Å². The van der Waals surface area contributed by atoms with E-state index in [2.05, 4.69) is 10.6 Å². The predicted octanol–water partition coefficient (Wildman–Crippen LogP) is 2.50. The maximum atomic E-state index is 12.5. The lowest BCUT2D eigenvalue weighted by atomic mass is 10.0. The summed E-state index contributed by atoms with van der Waals surface area (Å²) in [7, 11) is 0. The van der Waals surface area contributed by atoms with E-state index in [1.807, 2.05) is 43.0 Å². The van der Waals surface area contributed by atoms with Crippen LogP contribution in [0.3, 0.4) is 0 Å². The van der Waals surface area contributed by atoms with Gasteiger partial charge in [-0.05, 0) is 51.0 Å². The molecule has 2 N–H and O–H groups in total. The van der Waals surface area contributed by atoms with Crippen LogP contribution in [0.4, 0.5) is 15.3 Å². The molecule has 0 aromatic heterocycles. The van der Waals surface area contributed by atoms with Crippen LogP contribution in [0.2, 0.25) is 0 Å². The number of rotatable bonds is 4. The number of ether oxygens (including phenoxy) is 1. The molecule has 3 rings (SSSR count). The Kier molecular flexibility index (Phi) is 5.31. The molecule has 2 fully saturated rings. The normalized spacial score (nSPS) is 20.6. The fourth-order valence-electron chi connectivity index (χ4n) is 3.32. The highest BCUT2D eigenvalue weighted by molar-refractivity contribution is 5.89. The van der Waals surface area contributed by atoms with Gasteiger partial charge in [0.1, 0.15) is 5.75 Å². The summed E-state index contributed by atoms with van der Waals surface area (Å²) in [4.78, 5) is 28.0. The zero-order valence-electron chi connectivity index (χ0n) is 14.8. The van der Waals surface area contributed by atoms with Gasteiger partial charge in [0.25, 0.3) is 0 Å². The van der Waals surface area contributed by atoms with Crippen molar-refractivity contribution in [3.05, 3.63) is 24.3 Å². The second-order valence-corrected chi connectivity index (χ2v) is 6.79. The predicted molar refractivity (Wildman–Crippen MR) is 95.9 cm³/mol. The van der Waals surface area contributed by atoms with Crippen molar-refractivity contribution < 1.29 is 14.3 Å². The Morgan fingerprint density at radius 3 is 2.68 bits per heavy atom. The van der Waals surface area contributed by atoms with Crippen molar-refractivity contribution in [1.29, 1.82) is 0 Å². The molecule has 7 heteroatoms. The lowest BCUT2D eigenvalue weighted by Gasteiger charge is -2.36. The van der Waals surface area contributed by atoms with E-state index in [4.69, 9.17) is 4.74 Å². The maximum absolute atomic E-state index is 12.5. The van der Waals surface area contributed by atoms with Crippen LogP contribution in [0.25, 0.3) is 0 Å². The smallest absolute Gasteiger partial charge is 0.321 e. The Labute approximate surface area is 148 Å². The lowest BCUT2D eigenvalue weighted by molar-refractivity contribution is 0.139. The maximum Gasteiger partial charge on any atom is 0.321 e. The van der Waals surface area contributed by atoms with Crippen LogP contribution in [-0.4, -0.2) is 60.2 Å². The minimum absolute atomic E-state index is 0.0204. The quantitative estimate of drug-likeness (QED) is 0.880. The number of piperidine rings is 1. The molecule has 136 valence electrons. The van der Waals surface area contributed by atoms with Crippen LogP contribution in [0.5, 0.6) is 5.75 Å². The van der Waals surface area contributed by atoms with Gasteiger partial charge in [-0.2, -0.15) is 0 Å². The first-order valence-electron chi connectivity index (χ1n) is 8.90. The first kappa shape index (κ1) is 17.4. The molecule has 2 saturated heterocycles. The molecule has 0 unspecified atom stereocenters. The highest BCUT2D eigenvalue weighted by Gasteiger charge is 2.32. The van der Waals surface area contributed by atoms with Gasteiger partial charge in [-0.1, -0.05) is 0 Å². The highest BCUT2D eigenvalue weighted by atomic mass is 16.5. The van der Waals surface area contributed by atoms with Gasteiger partial charge in [-0.3, -0.25) is 0 Å². The molecule has 0 radical (unpaired) electrons. The van der Waals surface area contributed by atoms with Gasteiger partial charge in [0.05, 0.1) is 12.1 Å². The van der Waals surface area contributed by atoms with Crippen molar-refractivity contribution >= 4 is 17.7 Å². The fourth-order valence-corrected chi connectivity index (χ4v) is 3.32. The molecular formula is C18H26N4O3. The zero-order valence-corrected chi connectivity index (χ0v) is 14.8. The number of carbonyl (C=O) groups excluding carboxylic acids is 2. The van der Waals surface area contributed by atoms with Crippen LogP contribution in [0.1, 0.15) is 26.7 Å². The van der Waals surface area contributed by atoms with E-state index in [1.165, 1.54) is 0 Å². The Bertz CT molecular complexity index is 617. The minimum Gasteiger partial charge on any atom is -0.491 e. The van der Waals surface area contributed by atoms with E-state index in [1.54, 1.807) is 4.90 Å². The monoisotopic (exact) mass is 346 g/mol. The number of likely N-dealkylation sites (tertiary alicyclic amines) is 1. The number of urea groups is 2. The molecule has 1 aromatic rings. The van der Waals surface area contributed by atoms with Crippen LogP contribution < -0.4 is 15.4 Å². The molecule has 0 saturated carbocycles. The molecule has 0 bridgehead atoms. The number of amides is 4. The van der Waals surface area contributed by atoms with Crippen molar-refractivity contribution in [3.8, 4) is 5.75 Å². The second kappa shape index (κ2) is 7.63. The zero-order chi connectivity index (χ0) is 17.8. The first-order valence-corrected chi connectivity index (χ1v) is 8.90. The molecule has 4 amide bonds. The molecule has 0 spiro atoms. The van der Waals surface area contributed by atoms with Crippen molar-refractivity contribution in [2.75, 3.05) is 31.5 Å². The average molecular weight is 346 g/mol. The van der Waals surface area contributed by atoms with Crippen LogP contribution in [0, 0.1) is 0 Å². The Hall–Kier alpha value is -2.44. The summed E-state index contributed by atoms with van der Waals surface area (Å²) in [5, 5.41) is 5.75. The van der Waals surface area contributed by atoms with E-state index in [9.17, 15) is 9.59 Å². The van der Waals surface area contributed by atoms with Gasteiger partial charge in [0.15, 0.2) is 0 Å². The summed E-state index contributed by atoms with van der Waals surface area (Å²) in [6, 6.07) is 7.33. The van der Waals surface area contributed by atoms with Crippen molar-refractivity contribution in [2.24, 2.45) is 0 Å². The van der Waals surface area contributed by atoms with E-state index >= 15 is 0 Å². The average Bonchev–Trinajstić information content (AvgIpc) is 3.02. The van der Waals surface area contributed by atoms with Crippen LogP contribution in [-0.2, 0) is 0 Å². The second-order valence-electron chi connectivity index (χ2n) is 6.79. The number of benzene rings is 1. The summed E-state index contributed by atoms with van der Waals surface area (Å²) in [6.45, 7) is 6.65. The summed E-state index contributed by atoms with van der Waals surface area (Å²) >= 11 is 0. The molecule has 2 aliphatic heterocycles. The molecule has 2 aliphatic rings. The summed E-state index contributed by atoms with van der Waals surface area (Å²) in [5.74, 6) is 0.783. The van der Waals surface area contributed by atoms with Gasteiger partial charge in [-0.25, -0.2) is 9.59 Å². The van der Waals surface area contributed by atoms with Crippen LogP contribution >= 0.6 is 0 Å². The molecule has 25 heavy (non-hydrogen) atoms.